The second kappa shape index (κ2) is 5.71. The third-order valence-corrected chi connectivity index (χ3v) is 3.30. The van der Waals surface area contributed by atoms with E-state index in [2.05, 4.69) is 10.6 Å². The van der Waals surface area contributed by atoms with E-state index in [9.17, 15) is 9.59 Å². The second-order valence-electron chi connectivity index (χ2n) is 4.69. The molecule has 0 aromatic heterocycles. The van der Waals surface area contributed by atoms with Crippen LogP contribution < -0.4 is 16.4 Å². The molecular formula is C13H19N3O2. The highest BCUT2D eigenvalue weighted by Crippen LogP contribution is 2.15. The fraction of sp³-hybridized carbons (Fsp3) is 0.538. The lowest BCUT2D eigenvalue weighted by atomic mass is 10.0. The number of nitrogens with one attached hydrogen (secondary N) is 2. The van der Waals surface area contributed by atoms with Gasteiger partial charge in [-0.25, -0.2) is 0 Å². The fourth-order valence-electron chi connectivity index (χ4n) is 2.22. The Labute approximate surface area is 106 Å². The van der Waals surface area contributed by atoms with E-state index in [1.807, 2.05) is 6.08 Å². The lowest BCUT2D eigenvalue weighted by Gasteiger charge is -2.17. The van der Waals surface area contributed by atoms with Gasteiger partial charge in [0.05, 0.1) is 5.57 Å². The van der Waals surface area contributed by atoms with Gasteiger partial charge in [-0.3, -0.25) is 9.59 Å². The Hall–Kier alpha value is -1.78. The molecule has 1 unspecified atom stereocenters. The third kappa shape index (κ3) is 2.91. The van der Waals surface area contributed by atoms with Crippen LogP contribution in [0.15, 0.2) is 23.4 Å². The van der Waals surface area contributed by atoms with Gasteiger partial charge in [0.1, 0.15) is 6.04 Å². The molecule has 2 amide bonds. The van der Waals surface area contributed by atoms with Crippen LogP contribution in [0.25, 0.3) is 0 Å². The van der Waals surface area contributed by atoms with E-state index >= 15 is 0 Å². The summed E-state index contributed by atoms with van der Waals surface area (Å²) in [6.07, 6.45) is 7.83. The van der Waals surface area contributed by atoms with E-state index in [-0.39, 0.29) is 11.8 Å². The molecule has 2 rings (SSSR count). The summed E-state index contributed by atoms with van der Waals surface area (Å²) < 4.78 is 0. The summed E-state index contributed by atoms with van der Waals surface area (Å²) >= 11 is 0. The summed E-state index contributed by atoms with van der Waals surface area (Å²) in [6.45, 7) is 0.690. The van der Waals surface area contributed by atoms with E-state index < -0.39 is 6.04 Å². The summed E-state index contributed by atoms with van der Waals surface area (Å²) in [7, 11) is 0. The number of carbonyl (C=O) groups is 2. The van der Waals surface area contributed by atoms with Gasteiger partial charge in [-0.15, -0.1) is 0 Å². The first-order valence-corrected chi connectivity index (χ1v) is 6.42. The van der Waals surface area contributed by atoms with Gasteiger partial charge >= 0.3 is 0 Å². The average molecular weight is 249 g/mol. The highest BCUT2D eigenvalue weighted by Gasteiger charge is 2.24. The number of amides is 2. The second-order valence-corrected chi connectivity index (χ2v) is 4.69. The van der Waals surface area contributed by atoms with Crippen LogP contribution >= 0.6 is 0 Å². The number of rotatable bonds is 2. The smallest absolute Gasteiger partial charge is 0.253 e. The molecular weight excluding hydrogens is 230 g/mol. The molecule has 1 heterocycles. The van der Waals surface area contributed by atoms with Crippen molar-refractivity contribution in [2.45, 2.75) is 38.1 Å². The summed E-state index contributed by atoms with van der Waals surface area (Å²) in [6, 6.07) is -0.435. The van der Waals surface area contributed by atoms with Crippen molar-refractivity contribution < 1.29 is 9.59 Å². The molecule has 1 aliphatic carbocycles. The average Bonchev–Trinajstić information content (AvgIpc) is 2.55. The molecule has 0 aromatic rings. The molecule has 1 saturated heterocycles. The first-order chi connectivity index (χ1) is 8.68. The Bertz CT molecular complexity index is 412. The number of hydrogen-bond acceptors (Lipinski definition) is 3. The molecule has 0 radical (unpaired) electrons. The number of hydrogen-bond donors (Lipinski definition) is 3. The van der Waals surface area contributed by atoms with Crippen molar-refractivity contribution in [2.24, 2.45) is 5.73 Å². The zero-order valence-corrected chi connectivity index (χ0v) is 10.4. The third-order valence-electron chi connectivity index (χ3n) is 3.30. The van der Waals surface area contributed by atoms with Crippen LogP contribution in [0.1, 0.15) is 32.1 Å². The predicted octanol–water partition coefficient (Wildman–Crippen LogP) is 0.334. The minimum Gasteiger partial charge on any atom is -0.401 e. The Morgan fingerprint density at radius 1 is 1.44 bits per heavy atom. The van der Waals surface area contributed by atoms with Crippen LogP contribution in [0.5, 0.6) is 0 Å². The Morgan fingerprint density at radius 3 is 3.06 bits per heavy atom. The monoisotopic (exact) mass is 249 g/mol. The molecule has 5 nitrogen and oxygen atoms in total. The lowest BCUT2D eigenvalue weighted by molar-refractivity contribution is -0.127. The van der Waals surface area contributed by atoms with E-state index in [1.54, 1.807) is 6.08 Å². The van der Waals surface area contributed by atoms with Crippen molar-refractivity contribution >= 4 is 11.8 Å². The molecule has 0 aromatic carbocycles. The summed E-state index contributed by atoms with van der Waals surface area (Å²) in [5.74, 6) is -0.342. The van der Waals surface area contributed by atoms with Crippen LogP contribution in [-0.2, 0) is 9.59 Å². The number of nitrogens with two attached hydrogens (primary N) is 1. The Morgan fingerprint density at radius 2 is 2.28 bits per heavy atom. The largest absolute Gasteiger partial charge is 0.401 e. The quantitative estimate of drug-likeness (QED) is 0.659. The highest BCUT2D eigenvalue weighted by molar-refractivity contribution is 5.99. The normalized spacial score (nSPS) is 24.4. The highest BCUT2D eigenvalue weighted by atomic mass is 16.2. The maximum Gasteiger partial charge on any atom is 0.253 e. The van der Waals surface area contributed by atoms with Gasteiger partial charge in [-0.05, 0) is 32.1 Å². The van der Waals surface area contributed by atoms with Gasteiger partial charge in [0.2, 0.25) is 5.91 Å². The van der Waals surface area contributed by atoms with E-state index in [0.29, 0.717) is 30.7 Å². The molecule has 0 spiro atoms. The van der Waals surface area contributed by atoms with Crippen molar-refractivity contribution in [3.05, 3.63) is 23.4 Å². The Kier molecular flexibility index (Phi) is 4.02. The van der Waals surface area contributed by atoms with Crippen LogP contribution in [0.4, 0.5) is 0 Å². The molecule has 4 N–H and O–H groups in total. The van der Waals surface area contributed by atoms with Crippen molar-refractivity contribution in [1.29, 1.82) is 0 Å². The molecule has 1 atom stereocenters. The molecule has 1 aliphatic heterocycles. The van der Waals surface area contributed by atoms with Crippen LogP contribution in [-0.4, -0.2) is 24.4 Å². The van der Waals surface area contributed by atoms with Crippen LogP contribution in [0.2, 0.25) is 0 Å². The SMILES string of the molecule is NC1=C(C(=O)NC2CCCCNC2=O)C=CCC1. The van der Waals surface area contributed by atoms with Gasteiger partial charge in [0.15, 0.2) is 0 Å². The molecule has 98 valence electrons. The standard InChI is InChI=1S/C13H19N3O2/c14-10-6-2-1-5-9(10)12(17)16-11-7-3-4-8-15-13(11)18/h1,5,11H,2-4,6-8,14H2,(H,15,18)(H,16,17). The molecule has 18 heavy (non-hydrogen) atoms. The van der Waals surface area contributed by atoms with Crippen LogP contribution in [0, 0.1) is 0 Å². The number of carbonyl (C=O) groups excluding carboxylic acids is 2. The zero-order chi connectivity index (χ0) is 13.0. The van der Waals surface area contributed by atoms with Gasteiger partial charge in [-0.2, -0.15) is 0 Å². The number of allylic oxidation sites excluding steroid dienone is 2. The van der Waals surface area contributed by atoms with Gasteiger partial charge < -0.3 is 16.4 Å². The first kappa shape index (κ1) is 12.7. The molecule has 2 aliphatic rings. The molecule has 0 bridgehead atoms. The maximum atomic E-state index is 12.1. The van der Waals surface area contributed by atoms with Crippen molar-refractivity contribution in [3.63, 3.8) is 0 Å². The van der Waals surface area contributed by atoms with Crippen LogP contribution in [0.3, 0.4) is 0 Å². The predicted molar refractivity (Wildman–Crippen MR) is 68.4 cm³/mol. The summed E-state index contributed by atoms with van der Waals surface area (Å²) in [4.78, 5) is 23.8. The van der Waals surface area contributed by atoms with Gasteiger partial charge in [-0.1, -0.05) is 12.2 Å². The maximum absolute atomic E-state index is 12.1. The fourth-order valence-corrected chi connectivity index (χ4v) is 2.22. The summed E-state index contributed by atoms with van der Waals surface area (Å²) in [5.41, 5.74) is 6.92. The van der Waals surface area contributed by atoms with Crippen molar-refractivity contribution in [3.8, 4) is 0 Å². The van der Waals surface area contributed by atoms with E-state index in [1.165, 1.54) is 0 Å². The molecule has 1 fully saturated rings. The molecule has 5 heteroatoms. The van der Waals surface area contributed by atoms with Gasteiger partial charge in [0, 0.05) is 12.2 Å². The molecule has 0 saturated carbocycles. The minimum atomic E-state index is -0.435. The summed E-state index contributed by atoms with van der Waals surface area (Å²) in [5, 5.41) is 5.56. The van der Waals surface area contributed by atoms with Crippen molar-refractivity contribution in [2.75, 3.05) is 6.54 Å². The van der Waals surface area contributed by atoms with E-state index in [4.69, 9.17) is 5.73 Å². The Balaban J connectivity index is 2.02. The topological polar surface area (TPSA) is 84.2 Å². The lowest BCUT2D eigenvalue weighted by Crippen LogP contribution is -2.46. The van der Waals surface area contributed by atoms with Crippen molar-refractivity contribution in [1.82, 2.24) is 10.6 Å². The van der Waals surface area contributed by atoms with E-state index in [0.717, 1.165) is 19.3 Å². The first-order valence-electron chi connectivity index (χ1n) is 6.42. The minimum absolute atomic E-state index is 0.0974. The zero-order valence-electron chi connectivity index (χ0n) is 10.4. The van der Waals surface area contributed by atoms with Gasteiger partial charge in [0.25, 0.3) is 5.91 Å².